The van der Waals surface area contributed by atoms with Crippen molar-refractivity contribution in [3.8, 4) is 11.4 Å². The fourth-order valence-electron chi connectivity index (χ4n) is 5.60. The van der Waals surface area contributed by atoms with Crippen molar-refractivity contribution in [2.24, 2.45) is 23.7 Å². The third-order valence-corrected chi connectivity index (χ3v) is 7.29. The molecule has 2 aromatic carbocycles. The summed E-state index contributed by atoms with van der Waals surface area (Å²) in [5.41, 5.74) is 2.37. The van der Waals surface area contributed by atoms with Gasteiger partial charge in [0.1, 0.15) is 11.6 Å². The van der Waals surface area contributed by atoms with E-state index in [9.17, 15) is 9.18 Å². The monoisotopic (exact) mass is 456 g/mol. The Morgan fingerprint density at radius 1 is 1.15 bits per heavy atom. The van der Waals surface area contributed by atoms with Crippen molar-refractivity contribution >= 4 is 22.5 Å². The maximum Gasteiger partial charge on any atom is 0.227 e. The van der Waals surface area contributed by atoms with Crippen molar-refractivity contribution in [2.75, 3.05) is 5.32 Å². The van der Waals surface area contributed by atoms with Crippen molar-refractivity contribution in [3.05, 3.63) is 79.0 Å². The van der Waals surface area contributed by atoms with Gasteiger partial charge in [-0.1, -0.05) is 25.1 Å². The van der Waals surface area contributed by atoms with Gasteiger partial charge in [0, 0.05) is 17.5 Å². The predicted molar refractivity (Wildman–Crippen MR) is 127 cm³/mol. The Balaban J connectivity index is 1.06. The van der Waals surface area contributed by atoms with E-state index in [2.05, 4.69) is 15.4 Å². The second-order valence-electron chi connectivity index (χ2n) is 9.37. The molecule has 34 heavy (non-hydrogen) atoms. The van der Waals surface area contributed by atoms with Crippen LogP contribution in [0.3, 0.4) is 0 Å². The SMILES string of the molecule is CC(C(=O)Nc1cnn(-c2ccccc2)c1)[C@H]1[C@@H]2C[C@@H](Oc3ccnc4ccc(F)cc34)C[C@@H]21. The number of carbonyl (C=O) groups is 1. The van der Waals surface area contributed by atoms with E-state index in [0.717, 1.165) is 24.0 Å². The zero-order chi connectivity index (χ0) is 23.2. The molecule has 2 heterocycles. The molecule has 0 aliphatic heterocycles. The molecule has 6 nitrogen and oxygen atoms in total. The molecule has 2 fully saturated rings. The van der Waals surface area contributed by atoms with E-state index >= 15 is 0 Å². The smallest absolute Gasteiger partial charge is 0.227 e. The lowest BCUT2D eigenvalue weighted by molar-refractivity contribution is -0.120. The van der Waals surface area contributed by atoms with Gasteiger partial charge in [-0.3, -0.25) is 9.78 Å². The van der Waals surface area contributed by atoms with Gasteiger partial charge in [-0.2, -0.15) is 5.10 Å². The van der Waals surface area contributed by atoms with E-state index in [-0.39, 0.29) is 23.7 Å². The molecule has 1 unspecified atom stereocenters. The summed E-state index contributed by atoms with van der Waals surface area (Å²) < 4.78 is 21.7. The lowest BCUT2D eigenvalue weighted by atomic mass is 9.97. The number of aromatic nitrogens is 3. The molecule has 172 valence electrons. The normalized spacial score (nSPS) is 23.9. The highest BCUT2D eigenvalue weighted by atomic mass is 19.1. The zero-order valence-electron chi connectivity index (χ0n) is 18.8. The quantitative estimate of drug-likeness (QED) is 0.431. The number of halogens is 1. The van der Waals surface area contributed by atoms with Crippen LogP contribution in [0, 0.1) is 29.5 Å². The Kier molecular flexibility index (Phi) is 5.05. The van der Waals surface area contributed by atoms with Crippen molar-refractivity contribution in [1.82, 2.24) is 14.8 Å². The summed E-state index contributed by atoms with van der Waals surface area (Å²) in [6, 6.07) is 16.2. The maximum absolute atomic E-state index is 13.7. The molecule has 0 spiro atoms. The third-order valence-electron chi connectivity index (χ3n) is 7.29. The average molecular weight is 457 g/mol. The number of hydrogen-bond acceptors (Lipinski definition) is 4. The summed E-state index contributed by atoms with van der Waals surface area (Å²) in [6.45, 7) is 2.01. The summed E-state index contributed by atoms with van der Waals surface area (Å²) >= 11 is 0. The van der Waals surface area contributed by atoms with Gasteiger partial charge in [0.15, 0.2) is 0 Å². The molecule has 2 aliphatic rings. The Bertz CT molecular complexity index is 1340. The molecule has 2 aromatic heterocycles. The Labute approximate surface area is 196 Å². The first-order valence-corrected chi connectivity index (χ1v) is 11.7. The number of fused-ring (bicyclic) bond motifs is 2. The van der Waals surface area contributed by atoms with E-state index in [1.165, 1.54) is 12.1 Å². The number of hydrogen-bond donors (Lipinski definition) is 1. The molecule has 7 heteroatoms. The van der Waals surface area contributed by atoms with E-state index in [4.69, 9.17) is 4.74 Å². The van der Waals surface area contributed by atoms with Crippen LogP contribution in [-0.4, -0.2) is 26.8 Å². The number of rotatable bonds is 6. The van der Waals surface area contributed by atoms with Gasteiger partial charge in [0.05, 0.1) is 35.4 Å². The fourth-order valence-corrected chi connectivity index (χ4v) is 5.60. The molecule has 0 saturated heterocycles. The summed E-state index contributed by atoms with van der Waals surface area (Å²) in [6.07, 6.45) is 7.12. The summed E-state index contributed by atoms with van der Waals surface area (Å²) in [5, 5.41) is 8.07. The van der Waals surface area contributed by atoms with Gasteiger partial charge >= 0.3 is 0 Å². The molecule has 1 N–H and O–H groups in total. The minimum absolute atomic E-state index is 0.0279. The van der Waals surface area contributed by atoms with Gasteiger partial charge in [0.2, 0.25) is 5.91 Å². The number of amides is 1. The van der Waals surface area contributed by atoms with E-state index < -0.39 is 0 Å². The minimum Gasteiger partial charge on any atom is -0.490 e. The van der Waals surface area contributed by atoms with Gasteiger partial charge in [-0.05, 0) is 67.0 Å². The summed E-state index contributed by atoms with van der Waals surface area (Å²) in [5.74, 6) is 1.68. The second-order valence-corrected chi connectivity index (χ2v) is 9.37. The minimum atomic E-state index is -0.297. The van der Waals surface area contributed by atoms with Crippen LogP contribution in [0.25, 0.3) is 16.6 Å². The van der Waals surface area contributed by atoms with Crippen molar-refractivity contribution < 1.29 is 13.9 Å². The molecular weight excluding hydrogens is 431 g/mol. The largest absolute Gasteiger partial charge is 0.490 e. The number of ether oxygens (including phenoxy) is 1. The first-order valence-electron chi connectivity index (χ1n) is 11.7. The molecule has 0 bridgehead atoms. The predicted octanol–water partition coefficient (Wildman–Crippen LogP) is 5.24. The summed E-state index contributed by atoms with van der Waals surface area (Å²) in [7, 11) is 0. The van der Waals surface area contributed by atoms with E-state index in [0.29, 0.717) is 34.6 Å². The molecule has 6 rings (SSSR count). The third kappa shape index (κ3) is 3.81. The van der Waals surface area contributed by atoms with Crippen LogP contribution < -0.4 is 10.1 Å². The van der Waals surface area contributed by atoms with E-state index in [1.807, 2.05) is 43.5 Å². The van der Waals surface area contributed by atoms with Crippen molar-refractivity contribution in [1.29, 1.82) is 0 Å². The highest BCUT2D eigenvalue weighted by Gasteiger charge is 2.59. The van der Waals surface area contributed by atoms with Crippen LogP contribution in [0.4, 0.5) is 10.1 Å². The number of nitrogens with one attached hydrogen (secondary N) is 1. The maximum atomic E-state index is 13.7. The van der Waals surface area contributed by atoms with Crippen LogP contribution in [0.2, 0.25) is 0 Å². The van der Waals surface area contributed by atoms with Crippen molar-refractivity contribution in [2.45, 2.75) is 25.9 Å². The van der Waals surface area contributed by atoms with Crippen LogP contribution in [0.5, 0.6) is 5.75 Å². The molecule has 2 saturated carbocycles. The number of carbonyl (C=O) groups excluding carboxylic acids is 1. The molecule has 5 atom stereocenters. The van der Waals surface area contributed by atoms with Gasteiger partial charge in [-0.25, -0.2) is 9.07 Å². The number of benzene rings is 2. The second kappa shape index (κ2) is 8.24. The Morgan fingerprint density at radius 2 is 1.94 bits per heavy atom. The molecule has 1 amide bonds. The molecule has 4 aromatic rings. The van der Waals surface area contributed by atoms with Crippen LogP contribution in [0.15, 0.2) is 73.2 Å². The lowest BCUT2D eigenvalue weighted by Gasteiger charge is -2.20. The number of para-hydroxylation sites is 1. The van der Waals surface area contributed by atoms with Gasteiger partial charge in [-0.15, -0.1) is 0 Å². The highest BCUT2D eigenvalue weighted by molar-refractivity contribution is 5.92. The Hall–Kier alpha value is -3.74. The fraction of sp³-hybridized carbons (Fsp3) is 0.296. The topological polar surface area (TPSA) is 69.0 Å². The van der Waals surface area contributed by atoms with Crippen molar-refractivity contribution in [3.63, 3.8) is 0 Å². The highest BCUT2D eigenvalue weighted by Crippen LogP contribution is 2.61. The first kappa shape index (κ1) is 20.8. The zero-order valence-corrected chi connectivity index (χ0v) is 18.8. The standard InChI is InChI=1S/C27H25FN4O2/c1-16(27(33)31-18-14-30-32(15-18)19-5-3-2-4-6-19)26-21-12-20(13-22(21)26)34-25-9-10-29-24-8-7-17(28)11-23(24)25/h2-11,14-16,20-22,26H,12-13H2,1H3,(H,31,33)/t16?,20-,21-,22+,26+. The molecule has 0 radical (unpaired) electrons. The lowest BCUT2D eigenvalue weighted by Crippen LogP contribution is -2.25. The van der Waals surface area contributed by atoms with Gasteiger partial charge < -0.3 is 10.1 Å². The molecule has 2 aliphatic carbocycles. The summed E-state index contributed by atoms with van der Waals surface area (Å²) in [4.78, 5) is 17.2. The molecular formula is C27H25FN4O2. The number of anilines is 1. The number of nitrogens with zero attached hydrogens (tertiary/aromatic N) is 3. The van der Waals surface area contributed by atoms with E-state index in [1.54, 1.807) is 29.2 Å². The first-order chi connectivity index (χ1) is 16.6. The number of pyridine rings is 1. The van der Waals surface area contributed by atoms with Crippen LogP contribution in [0.1, 0.15) is 19.8 Å². The Morgan fingerprint density at radius 3 is 2.74 bits per heavy atom. The van der Waals surface area contributed by atoms with Crippen LogP contribution in [-0.2, 0) is 4.79 Å². The average Bonchev–Trinajstić information content (AvgIpc) is 3.15. The van der Waals surface area contributed by atoms with Crippen LogP contribution >= 0.6 is 0 Å². The van der Waals surface area contributed by atoms with Gasteiger partial charge in [0.25, 0.3) is 0 Å².